The van der Waals surface area contributed by atoms with Crippen LogP contribution in [0.1, 0.15) is 18.1 Å². The predicted octanol–water partition coefficient (Wildman–Crippen LogP) is 2.75. The molecule has 1 aromatic carbocycles. The first kappa shape index (κ1) is 9.19. The van der Waals surface area contributed by atoms with Gasteiger partial charge in [-0.3, -0.25) is 0 Å². The SMILES string of the molecule is OC1CCOc2ccc(SCl)cc21. The Hall–Kier alpha value is -0.380. The van der Waals surface area contributed by atoms with Crippen molar-refractivity contribution in [2.75, 3.05) is 6.61 Å². The Morgan fingerprint density at radius 3 is 3.15 bits per heavy atom. The third-order valence-corrected chi connectivity index (χ3v) is 3.04. The van der Waals surface area contributed by atoms with Crippen LogP contribution in [0.5, 0.6) is 5.75 Å². The number of aliphatic hydroxyl groups is 1. The summed E-state index contributed by atoms with van der Waals surface area (Å²) in [6.45, 7) is 0.585. The Kier molecular flexibility index (Phi) is 2.67. The number of ether oxygens (including phenoxy) is 1. The van der Waals surface area contributed by atoms with Gasteiger partial charge in [-0.25, -0.2) is 0 Å². The highest BCUT2D eigenvalue weighted by Gasteiger charge is 2.19. The summed E-state index contributed by atoms with van der Waals surface area (Å²) >= 11 is 0. The third-order valence-electron chi connectivity index (χ3n) is 2.08. The number of benzene rings is 1. The van der Waals surface area contributed by atoms with Crippen LogP contribution in [0.2, 0.25) is 0 Å². The molecule has 0 bridgehead atoms. The average molecular weight is 217 g/mol. The second-order valence-corrected chi connectivity index (χ2v) is 4.02. The highest BCUT2D eigenvalue weighted by molar-refractivity contribution is 8.21. The molecule has 1 unspecified atom stereocenters. The van der Waals surface area contributed by atoms with Crippen LogP contribution in [0.15, 0.2) is 23.1 Å². The van der Waals surface area contributed by atoms with E-state index in [0.717, 1.165) is 27.2 Å². The molecule has 0 fully saturated rings. The second kappa shape index (κ2) is 3.78. The molecule has 0 spiro atoms. The van der Waals surface area contributed by atoms with E-state index in [1.54, 1.807) is 0 Å². The van der Waals surface area contributed by atoms with Crippen molar-refractivity contribution < 1.29 is 9.84 Å². The van der Waals surface area contributed by atoms with Crippen molar-refractivity contribution in [3.05, 3.63) is 23.8 Å². The first-order chi connectivity index (χ1) is 6.31. The number of halogens is 1. The maximum absolute atomic E-state index is 9.65. The fraction of sp³-hybridized carbons (Fsp3) is 0.333. The fourth-order valence-corrected chi connectivity index (χ4v) is 1.98. The fourth-order valence-electron chi connectivity index (χ4n) is 1.40. The van der Waals surface area contributed by atoms with E-state index in [1.807, 2.05) is 18.2 Å². The Bertz CT molecular complexity index is 316. The van der Waals surface area contributed by atoms with Crippen molar-refractivity contribution >= 4 is 21.7 Å². The lowest BCUT2D eigenvalue weighted by Gasteiger charge is -2.22. The van der Waals surface area contributed by atoms with Gasteiger partial charge in [0.05, 0.1) is 12.7 Å². The molecule has 2 nitrogen and oxygen atoms in total. The summed E-state index contributed by atoms with van der Waals surface area (Å²) in [5.74, 6) is 0.771. The molecule has 0 amide bonds. The lowest BCUT2D eigenvalue weighted by atomic mass is 10.0. The van der Waals surface area contributed by atoms with Crippen LogP contribution in [0.4, 0.5) is 0 Å². The molecule has 1 heterocycles. The van der Waals surface area contributed by atoms with Gasteiger partial charge in [0.15, 0.2) is 0 Å². The molecule has 2 rings (SSSR count). The monoisotopic (exact) mass is 216 g/mol. The van der Waals surface area contributed by atoms with Gasteiger partial charge in [0, 0.05) is 16.9 Å². The van der Waals surface area contributed by atoms with E-state index in [2.05, 4.69) is 0 Å². The number of hydrogen-bond acceptors (Lipinski definition) is 3. The average Bonchev–Trinajstić information content (AvgIpc) is 2.18. The quantitative estimate of drug-likeness (QED) is 0.783. The number of fused-ring (bicyclic) bond motifs is 1. The lowest BCUT2D eigenvalue weighted by Crippen LogP contribution is -2.13. The summed E-state index contributed by atoms with van der Waals surface area (Å²) in [5, 5.41) is 9.65. The van der Waals surface area contributed by atoms with Crippen molar-refractivity contribution in [2.45, 2.75) is 17.4 Å². The molecule has 1 aromatic rings. The Morgan fingerprint density at radius 1 is 1.54 bits per heavy atom. The lowest BCUT2D eigenvalue weighted by molar-refractivity contribution is 0.115. The molecule has 0 radical (unpaired) electrons. The largest absolute Gasteiger partial charge is 0.493 e. The minimum Gasteiger partial charge on any atom is -0.493 e. The molecular formula is C9H9ClO2S. The van der Waals surface area contributed by atoms with Crippen molar-refractivity contribution in [1.82, 2.24) is 0 Å². The molecule has 0 saturated carbocycles. The third kappa shape index (κ3) is 1.77. The summed E-state index contributed by atoms with van der Waals surface area (Å²) < 4.78 is 5.38. The van der Waals surface area contributed by atoms with Crippen LogP contribution in [-0.4, -0.2) is 11.7 Å². The summed E-state index contributed by atoms with van der Waals surface area (Å²) in [4.78, 5) is 0.935. The second-order valence-electron chi connectivity index (χ2n) is 2.93. The maximum atomic E-state index is 9.65. The zero-order valence-electron chi connectivity index (χ0n) is 6.87. The van der Waals surface area contributed by atoms with E-state index in [1.165, 1.54) is 0 Å². The van der Waals surface area contributed by atoms with Crippen LogP contribution in [-0.2, 0) is 0 Å². The molecule has 4 heteroatoms. The topological polar surface area (TPSA) is 29.5 Å². The number of hydrogen-bond donors (Lipinski definition) is 1. The van der Waals surface area contributed by atoms with Gasteiger partial charge in [-0.1, -0.05) is 0 Å². The van der Waals surface area contributed by atoms with Crippen LogP contribution in [0.25, 0.3) is 0 Å². The number of aliphatic hydroxyl groups excluding tert-OH is 1. The first-order valence-electron chi connectivity index (χ1n) is 4.04. The molecular weight excluding hydrogens is 208 g/mol. The predicted molar refractivity (Wildman–Crippen MR) is 53.2 cm³/mol. The van der Waals surface area contributed by atoms with Gasteiger partial charge in [0.25, 0.3) is 0 Å². The van der Waals surface area contributed by atoms with E-state index in [0.29, 0.717) is 13.0 Å². The molecule has 0 saturated heterocycles. The van der Waals surface area contributed by atoms with Crippen molar-refractivity contribution in [1.29, 1.82) is 0 Å². The van der Waals surface area contributed by atoms with E-state index in [4.69, 9.17) is 15.4 Å². The van der Waals surface area contributed by atoms with Gasteiger partial charge < -0.3 is 9.84 Å². The zero-order chi connectivity index (χ0) is 9.26. The molecule has 1 aliphatic heterocycles. The zero-order valence-corrected chi connectivity index (χ0v) is 8.44. The van der Waals surface area contributed by atoms with Crippen molar-refractivity contribution in [3.63, 3.8) is 0 Å². The van der Waals surface area contributed by atoms with E-state index < -0.39 is 6.10 Å². The van der Waals surface area contributed by atoms with Gasteiger partial charge in [-0.05, 0) is 39.9 Å². The first-order valence-corrected chi connectivity index (χ1v) is 5.69. The van der Waals surface area contributed by atoms with E-state index in [-0.39, 0.29) is 0 Å². The molecule has 1 aliphatic rings. The van der Waals surface area contributed by atoms with Crippen LogP contribution < -0.4 is 4.74 Å². The highest BCUT2D eigenvalue weighted by Crippen LogP contribution is 2.35. The highest BCUT2D eigenvalue weighted by atomic mass is 35.7. The van der Waals surface area contributed by atoms with Gasteiger partial charge in [0.1, 0.15) is 5.75 Å². The normalized spacial score (nSPS) is 20.6. The van der Waals surface area contributed by atoms with Gasteiger partial charge in [-0.15, -0.1) is 0 Å². The summed E-state index contributed by atoms with van der Waals surface area (Å²) in [7, 11) is 6.76. The Morgan fingerprint density at radius 2 is 2.38 bits per heavy atom. The molecule has 1 atom stereocenters. The minimum absolute atomic E-state index is 0.410. The molecule has 13 heavy (non-hydrogen) atoms. The summed E-state index contributed by atoms with van der Waals surface area (Å²) in [6.07, 6.45) is 0.246. The minimum atomic E-state index is -0.410. The van der Waals surface area contributed by atoms with E-state index in [9.17, 15) is 5.11 Å². The summed E-state index contributed by atoms with van der Waals surface area (Å²) in [5.41, 5.74) is 0.844. The Labute approximate surface area is 85.4 Å². The summed E-state index contributed by atoms with van der Waals surface area (Å²) in [6, 6.07) is 5.60. The van der Waals surface area contributed by atoms with Crippen molar-refractivity contribution in [2.24, 2.45) is 0 Å². The van der Waals surface area contributed by atoms with Crippen molar-refractivity contribution in [3.8, 4) is 5.75 Å². The van der Waals surface area contributed by atoms with Gasteiger partial charge in [-0.2, -0.15) is 0 Å². The van der Waals surface area contributed by atoms with Crippen LogP contribution in [0, 0.1) is 0 Å². The molecule has 1 N–H and O–H groups in total. The standard InChI is InChI=1S/C9H9ClO2S/c10-13-6-1-2-9-7(5-6)8(11)3-4-12-9/h1-2,5,8,11H,3-4H2. The molecule has 0 aromatic heterocycles. The maximum Gasteiger partial charge on any atom is 0.125 e. The van der Waals surface area contributed by atoms with Gasteiger partial charge in [0.2, 0.25) is 0 Å². The molecule has 0 aliphatic carbocycles. The smallest absolute Gasteiger partial charge is 0.125 e. The van der Waals surface area contributed by atoms with E-state index >= 15 is 0 Å². The van der Waals surface area contributed by atoms with Crippen LogP contribution in [0.3, 0.4) is 0 Å². The number of rotatable bonds is 1. The van der Waals surface area contributed by atoms with Crippen LogP contribution >= 0.6 is 21.7 Å². The van der Waals surface area contributed by atoms with Gasteiger partial charge >= 0.3 is 0 Å². The Balaban J connectivity index is 2.41. The molecule has 70 valence electrons.